The lowest BCUT2D eigenvalue weighted by Gasteiger charge is -2.35. The van der Waals surface area contributed by atoms with Gasteiger partial charge in [-0.25, -0.2) is 4.79 Å². The molecular weight excluding hydrogens is 252 g/mol. The number of nitrogens with one attached hydrogen (secondary N) is 1. The summed E-state index contributed by atoms with van der Waals surface area (Å²) >= 11 is 0. The van der Waals surface area contributed by atoms with E-state index in [0.717, 1.165) is 6.54 Å². The van der Waals surface area contributed by atoms with Crippen LogP contribution in [-0.2, 0) is 4.74 Å². The van der Waals surface area contributed by atoms with Gasteiger partial charge in [-0.05, 0) is 33.3 Å². The van der Waals surface area contributed by atoms with Crippen molar-refractivity contribution in [2.45, 2.75) is 39.3 Å². The Morgan fingerprint density at radius 2 is 1.95 bits per heavy atom. The van der Waals surface area contributed by atoms with Gasteiger partial charge in [0.1, 0.15) is 5.60 Å². The number of aryl methyl sites for hydroxylation is 1. The van der Waals surface area contributed by atoms with Gasteiger partial charge < -0.3 is 15.0 Å². The highest BCUT2D eigenvalue weighted by Gasteiger charge is 2.27. The smallest absolute Gasteiger partial charge is 0.410 e. The lowest BCUT2D eigenvalue weighted by atomic mass is 10.0. The number of benzene rings is 1. The van der Waals surface area contributed by atoms with E-state index in [2.05, 4.69) is 36.5 Å². The Morgan fingerprint density at radius 3 is 2.55 bits per heavy atom. The Balaban J connectivity index is 2.01. The molecule has 0 radical (unpaired) electrons. The molecule has 4 nitrogen and oxygen atoms in total. The minimum Gasteiger partial charge on any atom is -0.444 e. The maximum Gasteiger partial charge on any atom is 0.410 e. The largest absolute Gasteiger partial charge is 0.444 e. The first-order valence-electron chi connectivity index (χ1n) is 7.13. The van der Waals surface area contributed by atoms with Gasteiger partial charge in [0.15, 0.2) is 0 Å². The Labute approximate surface area is 121 Å². The Morgan fingerprint density at radius 1 is 1.30 bits per heavy atom. The Hall–Kier alpha value is -1.55. The molecule has 4 heteroatoms. The van der Waals surface area contributed by atoms with Gasteiger partial charge in [-0.3, -0.25) is 0 Å². The number of hydrogen-bond donors (Lipinski definition) is 1. The summed E-state index contributed by atoms with van der Waals surface area (Å²) in [5, 5.41) is 3.45. The normalized spacial score (nSPS) is 19.8. The summed E-state index contributed by atoms with van der Waals surface area (Å²) < 4.78 is 5.44. The second-order valence-corrected chi connectivity index (χ2v) is 6.34. The van der Waals surface area contributed by atoms with Crippen LogP contribution in [0.1, 0.15) is 37.9 Å². The maximum atomic E-state index is 12.1. The molecule has 110 valence electrons. The second-order valence-electron chi connectivity index (χ2n) is 6.34. The molecule has 0 bridgehead atoms. The van der Waals surface area contributed by atoms with Gasteiger partial charge in [-0.15, -0.1) is 0 Å². The molecule has 1 aromatic carbocycles. The number of carbonyl (C=O) groups is 1. The van der Waals surface area contributed by atoms with Crippen LogP contribution in [0, 0.1) is 6.92 Å². The van der Waals surface area contributed by atoms with E-state index in [-0.39, 0.29) is 12.1 Å². The quantitative estimate of drug-likeness (QED) is 0.857. The van der Waals surface area contributed by atoms with Crippen molar-refractivity contribution >= 4 is 6.09 Å². The zero-order valence-electron chi connectivity index (χ0n) is 12.8. The topological polar surface area (TPSA) is 41.6 Å². The van der Waals surface area contributed by atoms with Gasteiger partial charge in [0, 0.05) is 19.6 Å². The number of amides is 1. The van der Waals surface area contributed by atoms with Gasteiger partial charge in [-0.1, -0.05) is 29.8 Å². The van der Waals surface area contributed by atoms with E-state index in [9.17, 15) is 4.79 Å². The van der Waals surface area contributed by atoms with Crippen molar-refractivity contribution in [3.8, 4) is 0 Å². The summed E-state index contributed by atoms with van der Waals surface area (Å²) in [6.45, 7) is 9.89. The third kappa shape index (κ3) is 3.97. The molecule has 1 fully saturated rings. The molecule has 1 aliphatic heterocycles. The SMILES string of the molecule is Cc1ccc([C@@H]2CN(C(=O)OC(C)(C)C)CCN2)cc1. The highest BCUT2D eigenvalue weighted by Crippen LogP contribution is 2.19. The predicted octanol–water partition coefficient (Wildman–Crippen LogP) is 2.88. The van der Waals surface area contributed by atoms with Crippen molar-refractivity contribution in [1.29, 1.82) is 0 Å². The van der Waals surface area contributed by atoms with Crippen molar-refractivity contribution in [2.75, 3.05) is 19.6 Å². The number of hydrogen-bond acceptors (Lipinski definition) is 3. The summed E-state index contributed by atoms with van der Waals surface area (Å²) in [7, 11) is 0. The summed E-state index contributed by atoms with van der Waals surface area (Å²) in [5.74, 6) is 0. The van der Waals surface area contributed by atoms with Gasteiger partial charge >= 0.3 is 6.09 Å². The van der Waals surface area contributed by atoms with Crippen LogP contribution in [-0.4, -0.2) is 36.2 Å². The first-order valence-corrected chi connectivity index (χ1v) is 7.13. The molecule has 1 amide bonds. The summed E-state index contributed by atoms with van der Waals surface area (Å²) in [5.41, 5.74) is 2.01. The van der Waals surface area contributed by atoms with Crippen LogP contribution in [0.25, 0.3) is 0 Å². The molecule has 0 aliphatic carbocycles. The van der Waals surface area contributed by atoms with E-state index in [4.69, 9.17) is 4.74 Å². The number of rotatable bonds is 1. The van der Waals surface area contributed by atoms with E-state index in [1.807, 2.05) is 20.8 Å². The molecule has 1 saturated heterocycles. The fourth-order valence-corrected chi connectivity index (χ4v) is 2.26. The van der Waals surface area contributed by atoms with Gasteiger partial charge in [0.2, 0.25) is 0 Å². The standard InChI is InChI=1S/C16H24N2O2/c1-12-5-7-13(8-6-12)14-11-18(10-9-17-14)15(19)20-16(2,3)4/h5-8,14,17H,9-11H2,1-4H3/t14-/m0/s1. The van der Waals surface area contributed by atoms with Crippen LogP contribution >= 0.6 is 0 Å². The molecular formula is C16H24N2O2. The summed E-state index contributed by atoms with van der Waals surface area (Å²) in [4.78, 5) is 13.9. The first kappa shape index (κ1) is 14.9. The van der Waals surface area contributed by atoms with Crippen LogP contribution in [0.15, 0.2) is 24.3 Å². The number of piperazine rings is 1. The van der Waals surface area contributed by atoms with E-state index in [0.29, 0.717) is 13.1 Å². The van der Waals surface area contributed by atoms with Gasteiger partial charge in [-0.2, -0.15) is 0 Å². The number of nitrogens with zero attached hydrogens (tertiary/aromatic N) is 1. The van der Waals surface area contributed by atoms with Crippen molar-refractivity contribution in [2.24, 2.45) is 0 Å². The molecule has 0 spiro atoms. The zero-order valence-corrected chi connectivity index (χ0v) is 12.8. The highest BCUT2D eigenvalue weighted by molar-refractivity contribution is 5.68. The molecule has 0 saturated carbocycles. The second kappa shape index (κ2) is 5.83. The Bertz CT molecular complexity index is 462. The fraction of sp³-hybridized carbons (Fsp3) is 0.562. The van der Waals surface area contributed by atoms with E-state index in [1.165, 1.54) is 11.1 Å². The van der Waals surface area contributed by atoms with E-state index in [1.54, 1.807) is 4.90 Å². The van der Waals surface area contributed by atoms with Gasteiger partial charge in [0.25, 0.3) is 0 Å². The molecule has 1 heterocycles. The molecule has 0 aromatic heterocycles. The monoisotopic (exact) mass is 276 g/mol. The Kier molecular flexibility index (Phi) is 4.33. The minimum absolute atomic E-state index is 0.178. The third-order valence-corrected chi connectivity index (χ3v) is 3.31. The first-order chi connectivity index (χ1) is 9.35. The third-order valence-electron chi connectivity index (χ3n) is 3.31. The van der Waals surface area contributed by atoms with Crippen molar-refractivity contribution in [3.63, 3.8) is 0 Å². The van der Waals surface area contributed by atoms with Crippen LogP contribution in [0.5, 0.6) is 0 Å². The lowest BCUT2D eigenvalue weighted by molar-refractivity contribution is 0.0195. The molecule has 1 N–H and O–H groups in total. The molecule has 20 heavy (non-hydrogen) atoms. The predicted molar refractivity (Wildman–Crippen MR) is 79.7 cm³/mol. The van der Waals surface area contributed by atoms with Crippen molar-refractivity contribution in [1.82, 2.24) is 10.2 Å². The molecule has 1 aromatic rings. The average Bonchev–Trinajstić information content (AvgIpc) is 2.38. The lowest BCUT2D eigenvalue weighted by Crippen LogP contribution is -2.49. The molecule has 1 aliphatic rings. The fourth-order valence-electron chi connectivity index (χ4n) is 2.26. The summed E-state index contributed by atoms with van der Waals surface area (Å²) in [6.07, 6.45) is -0.226. The van der Waals surface area contributed by atoms with Crippen LogP contribution in [0.4, 0.5) is 4.79 Å². The van der Waals surface area contributed by atoms with Gasteiger partial charge in [0.05, 0.1) is 6.04 Å². The minimum atomic E-state index is -0.443. The number of ether oxygens (including phenoxy) is 1. The average molecular weight is 276 g/mol. The van der Waals surface area contributed by atoms with E-state index < -0.39 is 5.60 Å². The maximum absolute atomic E-state index is 12.1. The van der Waals surface area contributed by atoms with Crippen molar-refractivity contribution in [3.05, 3.63) is 35.4 Å². The van der Waals surface area contributed by atoms with Crippen molar-refractivity contribution < 1.29 is 9.53 Å². The van der Waals surface area contributed by atoms with Crippen LogP contribution in [0.3, 0.4) is 0 Å². The van der Waals surface area contributed by atoms with E-state index >= 15 is 0 Å². The number of carbonyl (C=O) groups excluding carboxylic acids is 1. The highest BCUT2D eigenvalue weighted by atomic mass is 16.6. The molecule has 1 atom stereocenters. The molecule has 0 unspecified atom stereocenters. The zero-order chi connectivity index (χ0) is 14.8. The van der Waals surface area contributed by atoms with Crippen LogP contribution in [0.2, 0.25) is 0 Å². The summed E-state index contributed by atoms with van der Waals surface area (Å²) in [6, 6.07) is 8.61. The molecule has 2 rings (SSSR count). The van der Waals surface area contributed by atoms with Crippen LogP contribution < -0.4 is 5.32 Å².